The third kappa shape index (κ3) is 4.19. The number of hydrogen-bond donors (Lipinski definition) is 0. The van der Waals surface area contributed by atoms with Gasteiger partial charge in [0.1, 0.15) is 11.4 Å². The number of carbonyl (C=O) groups is 2. The predicted octanol–water partition coefficient (Wildman–Crippen LogP) is 3.73. The highest BCUT2D eigenvalue weighted by Crippen LogP contribution is 2.24. The summed E-state index contributed by atoms with van der Waals surface area (Å²) in [7, 11) is 0. The van der Waals surface area contributed by atoms with E-state index in [1.165, 1.54) is 12.1 Å². The normalized spacial score (nSPS) is 14.3. The van der Waals surface area contributed by atoms with E-state index >= 15 is 0 Å². The second-order valence-corrected chi connectivity index (χ2v) is 7.12. The molecule has 3 aromatic rings. The van der Waals surface area contributed by atoms with Crippen molar-refractivity contribution in [2.24, 2.45) is 0 Å². The van der Waals surface area contributed by atoms with Gasteiger partial charge in [-0.25, -0.2) is 9.18 Å². The molecule has 8 heteroatoms. The van der Waals surface area contributed by atoms with Crippen molar-refractivity contribution >= 4 is 40.1 Å². The molecule has 2 aromatic carbocycles. The van der Waals surface area contributed by atoms with E-state index < -0.39 is 5.97 Å². The second kappa shape index (κ2) is 8.13. The lowest BCUT2D eigenvalue weighted by Gasteiger charge is -2.36. The molecule has 0 unspecified atom stereocenters. The average molecular weight is 417 g/mol. The molecule has 6 nitrogen and oxygen atoms in total. The summed E-state index contributed by atoms with van der Waals surface area (Å²) in [5.41, 5.74) is 1.04. The van der Waals surface area contributed by atoms with Gasteiger partial charge in [0.05, 0.1) is 5.69 Å². The maximum Gasteiger partial charge on any atom is 0.374 e. The summed E-state index contributed by atoms with van der Waals surface area (Å²) in [6.07, 6.45) is 0. The molecule has 0 N–H and O–H groups in total. The highest BCUT2D eigenvalue weighted by Gasteiger charge is 2.24. The molecule has 29 heavy (non-hydrogen) atoms. The van der Waals surface area contributed by atoms with Crippen molar-refractivity contribution < 1.29 is 23.1 Å². The summed E-state index contributed by atoms with van der Waals surface area (Å²) in [4.78, 5) is 28.1. The molecule has 1 aliphatic heterocycles. The first-order valence-electron chi connectivity index (χ1n) is 9.15. The van der Waals surface area contributed by atoms with Crippen molar-refractivity contribution in [1.29, 1.82) is 0 Å². The van der Waals surface area contributed by atoms with Gasteiger partial charge in [0.15, 0.2) is 6.61 Å². The molecule has 1 saturated heterocycles. The Balaban J connectivity index is 1.30. The maximum atomic E-state index is 13.9. The van der Waals surface area contributed by atoms with E-state index in [4.69, 9.17) is 20.8 Å². The van der Waals surface area contributed by atoms with E-state index in [1.54, 1.807) is 41.3 Å². The molecule has 150 valence electrons. The molecule has 1 amide bonds. The number of carbonyl (C=O) groups excluding carboxylic acids is 2. The minimum absolute atomic E-state index is 0.0134. The van der Waals surface area contributed by atoms with Crippen LogP contribution in [0.5, 0.6) is 0 Å². The highest BCUT2D eigenvalue weighted by atomic mass is 35.5. The van der Waals surface area contributed by atoms with Gasteiger partial charge >= 0.3 is 5.97 Å². The van der Waals surface area contributed by atoms with Crippen LogP contribution in [0.2, 0.25) is 5.02 Å². The fraction of sp³-hybridized carbons (Fsp3) is 0.238. The standard InChI is InChI=1S/C21H18ClFN2O4/c22-15-5-6-18-14(11-15)12-19(29-18)21(27)28-13-20(26)25-9-7-24(8-10-25)17-4-2-1-3-16(17)23/h1-6,11-12H,7-10,13H2. The van der Waals surface area contributed by atoms with E-state index in [-0.39, 0.29) is 24.1 Å². The number of nitrogens with zero attached hydrogens (tertiary/aromatic N) is 2. The number of fused-ring (bicyclic) bond motifs is 1. The van der Waals surface area contributed by atoms with E-state index in [0.717, 1.165) is 0 Å². The fourth-order valence-corrected chi connectivity index (χ4v) is 3.49. The lowest BCUT2D eigenvalue weighted by molar-refractivity contribution is -0.134. The molecule has 1 aliphatic rings. The quantitative estimate of drug-likeness (QED) is 0.606. The lowest BCUT2D eigenvalue weighted by atomic mass is 10.2. The summed E-state index contributed by atoms with van der Waals surface area (Å²) < 4.78 is 24.4. The molecule has 0 atom stereocenters. The van der Waals surface area contributed by atoms with Crippen LogP contribution >= 0.6 is 11.6 Å². The topological polar surface area (TPSA) is 63.0 Å². The molecule has 4 rings (SSSR count). The molecule has 1 aromatic heterocycles. The van der Waals surface area contributed by atoms with Crippen LogP contribution in [0.3, 0.4) is 0 Å². The third-order valence-electron chi connectivity index (χ3n) is 4.83. The van der Waals surface area contributed by atoms with Crippen LogP contribution < -0.4 is 4.90 Å². The third-order valence-corrected chi connectivity index (χ3v) is 5.07. The summed E-state index contributed by atoms with van der Waals surface area (Å²) in [5, 5.41) is 1.21. The Morgan fingerprint density at radius 2 is 1.83 bits per heavy atom. The second-order valence-electron chi connectivity index (χ2n) is 6.69. The number of para-hydroxylation sites is 1. The van der Waals surface area contributed by atoms with Crippen molar-refractivity contribution in [2.75, 3.05) is 37.7 Å². The first kappa shape index (κ1) is 19.3. The molecular formula is C21H18ClFN2O4. The summed E-state index contributed by atoms with van der Waals surface area (Å²) in [5.74, 6) is -1.28. The zero-order chi connectivity index (χ0) is 20.4. The van der Waals surface area contributed by atoms with Crippen LogP contribution in [0.25, 0.3) is 11.0 Å². The number of anilines is 1. The largest absolute Gasteiger partial charge is 0.450 e. The Morgan fingerprint density at radius 3 is 2.59 bits per heavy atom. The number of ether oxygens (including phenoxy) is 1. The van der Waals surface area contributed by atoms with Gasteiger partial charge in [-0.05, 0) is 36.4 Å². The van der Waals surface area contributed by atoms with Crippen LogP contribution in [-0.4, -0.2) is 49.6 Å². The summed E-state index contributed by atoms with van der Waals surface area (Å²) in [6, 6.07) is 13.1. The van der Waals surface area contributed by atoms with Gasteiger partial charge in [-0.1, -0.05) is 23.7 Å². The van der Waals surface area contributed by atoms with E-state index in [0.29, 0.717) is 47.9 Å². The smallest absolute Gasteiger partial charge is 0.374 e. The van der Waals surface area contributed by atoms with Crippen LogP contribution in [0.15, 0.2) is 52.9 Å². The van der Waals surface area contributed by atoms with Crippen LogP contribution in [0, 0.1) is 5.82 Å². The van der Waals surface area contributed by atoms with Gasteiger partial charge in [0.25, 0.3) is 5.91 Å². The Bertz CT molecular complexity index is 1060. The van der Waals surface area contributed by atoms with Crippen LogP contribution in [-0.2, 0) is 9.53 Å². The number of rotatable bonds is 4. The minimum atomic E-state index is -0.712. The van der Waals surface area contributed by atoms with Gasteiger partial charge in [0.2, 0.25) is 5.76 Å². The Kier molecular flexibility index (Phi) is 5.40. The van der Waals surface area contributed by atoms with Gasteiger partial charge in [0, 0.05) is 36.6 Å². The van der Waals surface area contributed by atoms with Gasteiger partial charge in [-0.3, -0.25) is 4.79 Å². The Morgan fingerprint density at radius 1 is 1.07 bits per heavy atom. The van der Waals surface area contributed by atoms with E-state index in [9.17, 15) is 14.0 Å². The number of esters is 1. The van der Waals surface area contributed by atoms with Crippen molar-refractivity contribution in [3.8, 4) is 0 Å². The zero-order valence-corrected chi connectivity index (χ0v) is 16.2. The van der Waals surface area contributed by atoms with Gasteiger partial charge in [-0.2, -0.15) is 0 Å². The van der Waals surface area contributed by atoms with Crippen LogP contribution in [0.1, 0.15) is 10.6 Å². The highest BCUT2D eigenvalue weighted by molar-refractivity contribution is 6.31. The molecular weight excluding hydrogens is 399 g/mol. The molecule has 2 heterocycles. The minimum Gasteiger partial charge on any atom is -0.450 e. The number of hydrogen-bond acceptors (Lipinski definition) is 5. The van der Waals surface area contributed by atoms with Crippen molar-refractivity contribution in [2.45, 2.75) is 0 Å². The summed E-state index contributed by atoms with van der Waals surface area (Å²) >= 11 is 5.92. The number of amides is 1. The van der Waals surface area contributed by atoms with Crippen molar-refractivity contribution in [3.63, 3.8) is 0 Å². The SMILES string of the molecule is O=C(OCC(=O)N1CCN(c2ccccc2F)CC1)c1cc2cc(Cl)ccc2o1. The average Bonchev–Trinajstić information content (AvgIpc) is 3.15. The lowest BCUT2D eigenvalue weighted by Crippen LogP contribution is -2.50. The predicted molar refractivity (Wildman–Crippen MR) is 107 cm³/mol. The van der Waals surface area contributed by atoms with Crippen LogP contribution in [0.4, 0.5) is 10.1 Å². The number of halogens is 2. The maximum absolute atomic E-state index is 13.9. The zero-order valence-electron chi connectivity index (χ0n) is 15.4. The molecule has 0 bridgehead atoms. The van der Waals surface area contributed by atoms with E-state index in [1.807, 2.05) is 4.90 Å². The number of benzene rings is 2. The van der Waals surface area contributed by atoms with E-state index in [2.05, 4.69) is 0 Å². The monoisotopic (exact) mass is 416 g/mol. The first-order chi connectivity index (χ1) is 14.0. The van der Waals surface area contributed by atoms with Crippen molar-refractivity contribution in [1.82, 2.24) is 4.90 Å². The van der Waals surface area contributed by atoms with Crippen molar-refractivity contribution in [3.05, 3.63) is 65.1 Å². The number of piperazine rings is 1. The first-order valence-corrected chi connectivity index (χ1v) is 9.52. The molecule has 1 fully saturated rings. The Hall–Kier alpha value is -3.06. The number of furan rings is 1. The van der Waals surface area contributed by atoms with Gasteiger partial charge < -0.3 is 19.0 Å². The molecule has 0 aliphatic carbocycles. The fourth-order valence-electron chi connectivity index (χ4n) is 3.31. The molecule has 0 saturated carbocycles. The molecule has 0 radical (unpaired) electrons. The Labute approximate surface area is 171 Å². The summed E-state index contributed by atoms with van der Waals surface area (Å²) in [6.45, 7) is 1.48. The van der Waals surface area contributed by atoms with Gasteiger partial charge in [-0.15, -0.1) is 0 Å². The molecule has 0 spiro atoms.